The zero-order valence-electron chi connectivity index (χ0n) is 8.09. The molecule has 1 atom stereocenters. The Morgan fingerprint density at radius 3 is 2.80 bits per heavy atom. The van der Waals surface area contributed by atoms with E-state index in [0.29, 0.717) is 11.8 Å². The van der Waals surface area contributed by atoms with Gasteiger partial charge >= 0.3 is 0 Å². The third-order valence-corrected chi connectivity index (χ3v) is 2.42. The summed E-state index contributed by atoms with van der Waals surface area (Å²) >= 11 is 0. The molecule has 0 amide bonds. The Bertz CT molecular complexity index is 386. The van der Waals surface area contributed by atoms with E-state index in [1.54, 1.807) is 0 Å². The molecule has 84 valence electrons. The fourth-order valence-electron chi connectivity index (χ4n) is 0.918. The van der Waals surface area contributed by atoms with Crippen LogP contribution >= 0.6 is 0 Å². The van der Waals surface area contributed by atoms with Crippen LogP contribution in [-0.4, -0.2) is 27.7 Å². The highest BCUT2D eigenvalue weighted by Crippen LogP contribution is 2.15. The number of nitrogen functional groups attached to an aromatic ring is 1. The highest BCUT2D eigenvalue weighted by Gasteiger charge is 2.08. The lowest BCUT2D eigenvalue weighted by Crippen LogP contribution is -2.13. The van der Waals surface area contributed by atoms with E-state index >= 15 is 0 Å². The quantitative estimate of drug-likeness (QED) is 0.807. The molecule has 15 heavy (non-hydrogen) atoms. The second kappa shape index (κ2) is 5.01. The highest BCUT2D eigenvalue weighted by atomic mass is 32.2. The molecule has 0 saturated heterocycles. The van der Waals surface area contributed by atoms with Gasteiger partial charge in [0.25, 0.3) is 0 Å². The van der Waals surface area contributed by atoms with E-state index in [1.807, 2.05) is 0 Å². The molecular formula is C8H11F2N3OS. The maximum atomic E-state index is 13.1. The first-order valence-corrected chi connectivity index (χ1v) is 5.89. The fourth-order valence-corrected chi connectivity index (χ4v) is 1.31. The van der Waals surface area contributed by atoms with Crippen molar-refractivity contribution in [2.75, 3.05) is 29.6 Å². The van der Waals surface area contributed by atoms with Gasteiger partial charge in [-0.25, -0.2) is 13.8 Å². The van der Waals surface area contributed by atoms with Gasteiger partial charge in [0, 0.05) is 35.4 Å². The molecule has 0 spiro atoms. The zero-order valence-corrected chi connectivity index (χ0v) is 8.91. The zero-order chi connectivity index (χ0) is 11.4. The number of rotatable bonds is 4. The second-order valence-corrected chi connectivity index (χ2v) is 4.44. The van der Waals surface area contributed by atoms with Crippen LogP contribution < -0.4 is 11.1 Å². The number of nitrogens with two attached hydrogens (primary N) is 1. The van der Waals surface area contributed by atoms with Crippen molar-refractivity contribution in [3.8, 4) is 0 Å². The van der Waals surface area contributed by atoms with Gasteiger partial charge in [0.2, 0.25) is 0 Å². The van der Waals surface area contributed by atoms with Gasteiger partial charge in [-0.15, -0.1) is 0 Å². The van der Waals surface area contributed by atoms with Crippen LogP contribution in [0.2, 0.25) is 0 Å². The van der Waals surface area contributed by atoms with Gasteiger partial charge in [0.05, 0.1) is 0 Å². The van der Waals surface area contributed by atoms with Crippen molar-refractivity contribution in [2.45, 2.75) is 0 Å². The molecule has 0 saturated carbocycles. The van der Waals surface area contributed by atoms with Crippen molar-refractivity contribution < 1.29 is 13.0 Å². The number of hydrogen-bond acceptors (Lipinski definition) is 4. The van der Waals surface area contributed by atoms with Gasteiger partial charge in [-0.1, -0.05) is 0 Å². The van der Waals surface area contributed by atoms with Crippen molar-refractivity contribution >= 4 is 22.4 Å². The lowest BCUT2D eigenvalue weighted by molar-refractivity contribution is 0.580. The summed E-state index contributed by atoms with van der Waals surface area (Å²) in [4.78, 5) is 3.49. The number of halogens is 2. The molecule has 0 aliphatic carbocycles. The molecule has 4 nitrogen and oxygen atoms in total. The molecule has 0 aliphatic rings. The van der Waals surface area contributed by atoms with Gasteiger partial charge in [0.15, 0.2) is 23.3 Å². The Labute approximate surface area is 88.3 Å². The van der Waals surface area contributed by atoms with Crippen molar-refractivity contribution in [2.24, 2.45) is 0 Å². The monoisotopic (exact) mass is 235 g/mol. The molecule has 1 unspecified atom stereocenters. The number of anilines is 2. The molecule has 0 fully saturated rings. The summed E-state index contributed by atoms with van der Waals surface area (Å²) in [6.07, 6.45) is 1.53. The lowest BCUT2D eigenvalue weighted by atomic mass is 10.4. The topological polar surface area (TPSA) is 68.0 Å². The van der Waals surface area contributed by atoms with E-state index in [2.05, 4.69) is 10.3 Å². The van der Waals surface area contributed by atoms with Crippen molar-refractivity contribution in [3.63, 3.8) is 0 Å². The Morgan fingerprint density at radius 1 is 1.53 bits per heavy atom. The number of nitrogens with one attached hydrogen (secondary N) is 1. The van der Waals surface area contributed by atoms with E-state index in [0.717, 1.165) is 0 Å². The first-order valence-electron chi connectivity index (χ1n) is 4.16. The Hall–Kier alpha value is -1.24. The van der Waals surface area contributed by atoms with Gasteiger partial charge in [0.1, 0.15) is 0 Å². The molecule has 7 heteroatoms. The molecule has 1 rings (SSSR count). The summed E-state index contributed by atoms with van der Waals surface area (Å²) in [6.45, 7) is 0.290. The van der Waals surface area contributed by atoms with Gasteiger partial charge < -0.3 is 11.1 Å². The molecule has 1 aromatic heterocycles. The summed E-state index contributed by atoms with van der Waals surface area (Å²) in [5, 5.41) is 2.59. The molecule has 0 aromatic carbocycles. The fraction of sp³-hybridized carbons (Fsp3) is 0.375. The Balaban J connectivity index is 2.69. The predicted octanol–water partition coefficient (Wildman–Crippen LogP) is 0.732. The van der Waals surface area contributed by atoms with Crippen LogP contribution in [0.4, 0.5) is 20.4 Å². The first-order chi connectivity index (χ1) is 7.00. The largest absolute Gasteiger partial charge is 0.381 e. The Kier molecular flexibility index (Phi) is 3.96. The van der Waals surface area contributed by atoms with Gasteiger partial charge in [-0.3, -0.25) is 4.21 Å². The van der Waals surface area contributed by atoms with Crippen molar-refractivity contribution in [1.29, 1.82) is 0 Å². The van der Waals surface area contributed by atoms with E-state index in [4.69, 9.17) is 5.73 Å². The minimum absolute atomic E-state index is 0.126. The van der Waals surface area contributed by atoms with Crippen LogP contribution in [0, 0.1) is 11.6 Å². The molecule has 0 aliphatic heterocycles. The Morgan fingerprint density at radius 2 is 2.20 bits per heavy atom. The van der Waals surface area contributed by atoms with Crippen LogP contribution in [0.25, 0.3) is 0 Å². The number of nitrogens with zero attached hydrogens (tertiary/aromatic N) is 1. The highest BCUT2D eigenvalue weighted by molar-refractivity contribution is 7.84. The summed E-state index contributed by atoms with van der Waals surface area (Å²) < 4.78 is 36.5. The molecule has 0 bridgehead atoms. The van der Waals surface area contributed by atoms with Crippen molar-refractivity contribution in [1.82, 2.24) is 4.98 Å². The minimum Gasteiger partial charge on any atom is -0.381 e. The van der Waals surface area contributed by atoms with Crippen molar-refractivity contribution in [3.05, 3.63) is 17.7 Å². The maximum Gasteiger partial charge on any atom is 0.168 e. The molecular weight excluding hydrogens is 224 g/mol. The third kappa shape index (κ3) is 3.43. The summed E-state index contributed by atoms with van der Waals surface area (Å²) in [6, 6.07) is 0.660. The van der Waals surface area contributed by atoms with Crippen LogP contribution in [0.15, 0.2) is 6.07 Å². The standard InChI is InChI=1S/C8H11F2N3OS/c1-15(14)3-2-12-8-6(10)4-5(9)7(11)13-8/h4H,2-3H2,1H3,(H3,11,12,13). The average molecular weight is 235 g/mol. The van der Waals surface area contributed by atoms with Crippen LogP contribution in [0.3, 0.4) is 0 Å². The van der Waals surface area contributed by atoms with Crippen LogP contribution in [-0.2, 0) is 10.8 Å². The smallest absolute Gasteiger partial charge is 0.168 e. The van der Waals surface area contributed by atoms with Crippen LogP contribution in [0.5, 0.6) is 0 Å². The summed E-state index contributed by atoms with van der Waals surface area (Å²) in [5.41, 5.74) is 5.17. The lowest BCUT2D eigenvalue weighted by Gasteiger charge is -2.06. The molecule has 0 radical (unpaired) electrons. The van der Waals surface area contributed by atoms with E-state index in [-0.39, 0.29) is 18.2 Å². The van der Waals surface area contributed by atoms with E-state index in [1.165, 1.54) is 6.26 Å². The normalized spacial score (nSPS) is 12.5. The number of aromatic nitrogens is 1. The summed E-state index contributed by atoms with van der Waals surface area (Å²) in [5.74, 6) is -1.84. The first kappa shape index (κ1) is 11.8. The summed E-state index contributed by atoms with van der Waals surface area (Å²) in [7, 11) is -0.974. The number of hydrogen-bond donors (Lipinski definition) is 2. The second-order valence-electron chi connectivity index (χ2n) is 2.89. The maximum absolute atomic E-state index is 13.1. The SMILES string of the molecule is CS(=O)CCNc1nc(N)c(F)cc1F. The van der Waals surface area contributed by atoms with Gasteiger partial charge in [-0.2, -0.15) is 0 Å². The predicted molar refractivity (Wildman–Crippen MR) is 56.0 cm³/mol. The number of pyridine rings is 1. The molecule has 3 N–H and O–H groups in total. The third-order valence-electron chi connectivity index (χ3n) is 1.64. The molecule has 1 aromatic rings. The van der Waals surface area contributed by atoms with E-state index < -0.39 is 22.4 Å². The van der Waals surface area contributed by atoms with Crippen LogP contribution in [0.1, 0.15) is 0 Å². The van der Waals surface area contributed by atoms with Gasteiger partial charge in [-0.05, 0) is 0 Å². The molecule has 1 heterocycles. The average Bonchev–Trinajstić information content (AvgIpc) is 2.13. The minimum atomic E-state index is -0.974. The van der Waals surface area contributed by atoms with E-state index in [9.17, 15) is 13.0 Å².